The Kier molecular flexibility index (Phi) is 3.05. The van der Waals surface area contributed by atoms with Crippen LogP contribution >= 0.6 is 0 Å². The first-order valence-corrected chi connectivity index (χ1v) is 5.38. The number of aliphatic hydroxyl groups is 1. The van der Waals surface area contributed by atoms with Gasteiger partial charge in [-0.05, 0) is 12.0 Å². The molecule has 0 amide bonds. The predicted molar refractivity (Wildman–Crippen MR) is 60.3 cm³/mol. The normalized spacial score (nSPS) is 27.1. The molecule has 2 rings (SSSR count). The maximum Gasteiger partial charge on any atom is 0.0624 e. The Morgan fingerprint density at radius 2 is 2.07 bits per heavy atom. The summed E-state index contributed by atoms with van der Waals surface area (Å²) in [7, 11) is 0. The Labute approximate surface area is 90.5 Å². The summed E-state index contributed by atoms with van der Waals surface area (Å²) in [5.74, 6) is 0. The summed E-state index contributed by atoms with van der Waals surface area (Å²) in [6.07, 6.45) is 0.885. The standard InChI is InChI=1S/C12H18N2O/c13-12(10-15)6-7-14(9-12)8-11-4-2-1-3-5-11/h1-5,15H,6-10,13H2/t12-/m0/s1. The van der Waals surface area contributed by atoms with Gasteiger partial charge in [0.1, 0.15) is 0 Å². The second-order valence-corrected chi connectivity index (χ2v) is 4.47. The molecule has 0 bridgehead atoms. The van der Waals surface area contributed by atoms with E-state index in [-0.39, 0.29) is 12.1 Å². The third-order valence-corrected chi connectivity index (χ3v) is 3.03. The lowest BCUT2D eigenvalue weighted by molar-refractivity contribution is 0.192. The number of hydrogen-bond donors (Lipinski definition) is 2. The molecule has 0 aromatic heterocycles. The Hall–Kier alpha value is -0.900. The van der Waals surface area contributed by atoms with Crippen molar-refractivity contribution in [1.29, 1.82) is 0 Å². The molecule has 1 aromatic carbocycles. The molecule has 1 aliphatic rings. The highest BCUT2D eigenvalue weighted by atomic mass is 16.3. The van der Waals surface area contributed by atoms with E-state index in [4.69, 9.17) is 10.8 Å². The van der Waals surface area contributed by atoms with Crippen molar-refractivity contribution in [3.8, 4) is 0 Å². The van der Waals surface area contributed by atoms with Crippen LogP contribution < -0.4 is 5.73 Å². The fourth-order valence-electron chi connectivity index (χ4n) is 2.09. The lowest BCUT2D eigenvalue weighted by atomic mass is 10.0. The minimum Gasteiger partial charge on any atom is -0.394 e. The molecule has 3 nitrogen and oxygen atoms in total. The zero-order chi connectivity index (χ0) is 10.7. The molecule has 0 saturated carbocycles. The van der Waals surface area contributed by atoms with E-state index in [1.54, 1.807) is 0 Å². The van der Waals surface area contributed by atoms with Crippen LogP contribution in [0.5, 0.6) is 0 Å². The number of likely N-dealkylation sites (tertiary alicyclic amines) is 1. The van der Waals surface area contributed by atoms with Crippen molar-refractivity contribution in [2.24, 2.45) is 5.73 Å². The van der Waals surface area contributed by atoms with Gasteiger partial charge in [0.15, 0.2) is 0 Å². The Morgan fingerprint density at radius 3 is 2.67 bits per heavy atom. The van der Waals surface area contributed by atoms with E-state index in [1.807, 2.05) is 18.2 Å². The summed E-state index contributed by atoms with van der Waals surface area (Å²) >= 11 is 0. The molecule has 15 heavy (non-hydrogen) atoms. The summed E-state index contributed by atoms with van der Waals surface area (Å²) in [6, 6.07) is 10.4. The summed E-state index contributed by atoms with van der Waals surface area (Å²) in [5, 5.41) is 9.16. The van der Waals surface area contributed by atoms with E-state index < -0.39 is 0 Å². The molecule has 1 heterocycles. The number of nitrogens with zero attached hydrogens (tertiary/aromatic N) is 1. The van der Waals surface area contributed by atoms with Gasteiger partial charge in [-0.2, -0.15) is 0 Å². The highest BCUT2D eigenvalue weighted by Gasteiger charge is 2.33. The molecule has 0 radical (unpaired) electrons. The molecule has 0 unspecified atom stereocenters. The van der Waals surface area contributed by atoms with E-state index in [9.17, 15) is 0 Å². The first-order chi connectivity index (χ1) is 7.22. The van der Waals surface area contributed by atoms with Gasteiger partial charge in [-0.15, -0.1) is 0 Å². The van der Waals surface area contributed by atoms with Crippen LogP contribution in [0, 0.1) is 0 Å². The summed E-state index contributed by atoms with van der Waals surface area (Å²) < 4.78 is 0. The van der Waals surface area contributed by atoms with Crippen LogP contribution in [0.4, 0.5) is 0 Å². The first-order valence-electron chi connectivity index (χ1n) is 5.38. The molecule has 1 fully saturated rings. The average Bonchev–Trinajstić information content (AvgIpc) is 2.63. The molecular formula is C12H18N2O. The van der Waals surface area contributed by atoms with Gasteiger partial charge in [0.25, 0.3) is 0 Å². The summed E-state index contributed by atoms with van der Waals surface area (Å²) in [4.78, 5) is 2.30. The van der Waals surface area contributed by atoms with E-state index in [0.29, 0.717) is 0 Å². The van der Waals surface area contributed by atoms with Crippen LogP contribution in [0.2, 0.25) is 0 Å². The van der Waals surface area contributed by atoms with Gasteiger partial charge in [-0.1, -0.05) is 30.3 Å². The minimum atomic E-state index is -0.380. The van der Waals surface area contributed by atoms with Gasteiger partial charge in [-0.3, -0.25) is 4.90 Å². The topological polar surface area (TPSA) is 49.5 Å². The molecule has 1 atom stereocenters. The largest absolute Gasteiger partial charge is 0.394 e. The number of nitrogens with two attached hydrogens (primary N) is 1. The zero-order valence-corrected chi connectivity index (χ0v) is 8.89. The smallest absolute Gasteiger partial charge is 0.0624 e. The molecule has 3 N–H and O–H groups in total. The average molecular weight is 206 g/mol. The number of rotatable bonds is 3. The van der Waals surface area contributed by atoms with Crippen LogP contribution in [-0.2, 0) is 6.54 Å². The van der Waals surface area contributed by atoms with Gasteiger partial charge in [0, 0.05) is 19.6 Å². The van der Waals surface area contributed by atoms with Crippen molar-refractivity contribution in [2.75, 3.05) is 19.7 Å². The molecule has 1 aliphatic heterocycles. The molecule has 82 valence electrons. The fraction of sp³-hybridized carbons (Fsp3) is 0.500. The molecule has 3 heteroatoms. The van der Waals surface area contributed by atoms with Crippen LogP contribution in [0.1, 0.15) is 12.0 Å². The highest BCUT2D eigenvalue weighted by molar-refractivity contribution is 5.15. The number of hydrogen-bond acceptors (Lipinski definition) is 3. The lowest BCUT2D eigenvalue weighted by Gasteiger charge is -2.21. The van der Waals surface area contributed by atoms with E-state index in [2.05, 4.69) is 17.0 Å². The lowest BCUT2D eigenvalue weighted by Crippen LogP contribution is -2.45. The second-order valence-electron chi connectivity index (χ2n) is 4.47. The first kappa shape index (κ1) is 10.6. The van der Waals surface area contributed by atoms with Crippen molar-refractivity contribution in [3.05, 3.63) is 35.9 Å². The van der Waals surface area contributed by atoms with Crippen LogP contribution in [-0.4, -0.2) is 35.2 Å². The Morgan fingerprint density at radius 1 is 1.33 bits per heavy atom. The van der Waals surface area contributed by atoms with Crippen LogP contribution in [0.15, 0.2) is 30.3 Å². The third-order valence-electron chi connectivity index (χ3n) is 3.03. The quantitative estimate of drug-likeness (QED) is 0.760. The highest BCUT2D eigenvalue weighted by Crippen LogP contribution is 2.19. The molecule has 1 aromatic rings. The van der Waals surface area contributed by atoms with Crippen molar-refractivity contribution in [2.45, 2.75) is 18.5 Å². The van der Waals surface area contributed by atoms with Gasteiger partial charge in [-0.25, -0.2) is 0 Å². The molecule has 0 spiro atoms. The maximum atomic E-state index is 9.16. The van der Waals surface area contributed by atoms with Gasteiger partial charge in [0.2, 0.25) is 0 Å². The van der Waals surface area contributed by atoms with Gasteiger partial charge < -0.3 is 10.8 Å². The monoisotopic (exact) mass is 206 g/mol. The fourth-order valence-corrected chi connectivity index (χ4v) is 2.09. The van der Waals surface area contributed by atoms with Gasteiger partial charge >= 0.3 is 0 Å². The zero-order valence-electron chi connectivity index (χ0n) is 8.89. The number of aliphatic hydroxyl groups excluding tert-OH is 1. The van der Waals surface area contributed by atoms with Crippen molar-refractivity contribution >= 4 is 0 Å². The van der Waals surface area contributed by atoms with Crippen molar-refractivity contribution < 1.29 is 5.11 Å². The Bertz CT molecular complexity index is 315. The second kappa shape index (κ2) is 4.31. The van der Waals surface area contributed by atoms with E-state index in [1.165, 1.54) is 5.56 Å². The molecule has 0 aliphatic carbocycles. The molecular weight excluding hydrogens is 188 g/mol. The van der Waals surface area contributed by atoms with Crippen molar-refractivity contribution in [3.63, 3.8) is 0 Å². The summed E-state index contributed by atoms with van der Waals surface area (Å²) in [6.45, 7) is 2.78. The van der Waals surface area contributed by atoms with Crippen LogP contribution in [0.25, 0.3) is 0 Å². The van der Waals surface area contributed by atoms with Crippen molar-refractivity contribution in [1.82, 2.24) is 4.90 Å². The maximum absolute atomic E-state index is 9.16. The molecule has 1 saturated heterocycles. The summed E-state index contributed by atoms with van der Waals surface area (Å²) in [5.41, 5.74) is 6.94. The SMILES string of the molecule is N[C@@]1(CO)CCN(Cc2ccccc2)C1. The Balaban J connectivity index is 1.93. The number of benzene rings is 1. The predicted octanol–water partition coefficient (Wildman–Crippen LogP) is 0.582. The van der Waals surface area contributed by atoms with Gasteiger partial charge in [0.05, 0.1) is 12.1 Å². The van der Waals surface area contributed by atoms with E-state index in [0.717, 1.165) is 26.1 Å². The van der Waals surface area contributed by atoms with Crippen LogP contribution in [0.3, 0.4) is 0 Å². The van der Waals surface area contributed by atoms with E-state index >= 15 is 0 Å². The minimum absolute atomic E-state index is 0.0816. The third kappa shape index (κ3) is 2.56.